The van der Waals surface area contributed by atoms with E-state index in [4.69, 9.17) is 5.11 Å². The highest BCUT2D eigenvalue weighted by molar-refractivity contribution is 5.93. The fraction of sp³-hybridized carbons (Fsp3) is 0.357. The maximum atomic E-state index is 11.0. The summed E-state index contributed by atoms with van der Waals surface area (Å²) in [5.41, 5.74) is 2.51. The molecule has 1 aliphatic rings. The number of aromatic carboxylic acids is 1. The number of aromatic nitrogens is 1. The molecule has 1 aromatic carbocycles. The van der Waals surface area contributed by atoms with Crippen LogP contribution in [0.4, 0.5) is 0 Å². The summed E-state index contributed by atoms with van der Waals surface area (Å²) < 4.78 is 2.07. The normalized spacial score (nSPS) is 15.2. The Labute approximate surface area is 105 Å². The van der Waals surface area contributed by atoms with Crippen molar-refractivity contribution < 1.29 is 9.90 Å². The Bertz CT molecular complexity index is 612. The highest BCUT2D eigenvalue weighted by atomic mass is 16.4. The summed E-state index contributed by atoms with van der Waals surface area (Å²) in [6.07, 6.45) is 2.54. The van der Waals surface area contributed by atoms with Gasteiger partial charge < -0.3 is 15.0 Å². The van der Waals surface area contributed by atoms with Gasteiger partial charge in [0.05, 0.1) is 5.56 Å². The molecule has 2 aromatic rings. The number of hydrogen-bond acceptors (Lipinski definition) is 2. The van der Waals surface area contributed by atoms with E-state index >= 15 is 0 Å². The minimum atomic E-state index is -0.879. The summed E-state index contributed by atoms with van der Waals surface area (Å²) in [5, 5.41) is 13.6. The predicted octanol–water partition coefficient (Wildman–Crippen LogP) is 2.13. The molecular formula is C14H16N2O2. The molecule has 0 bridgehead atoms. The van der Waals surface area contributed by atoms with Crippen molar-refractivity contribution >= 4 is 16.9 Å². The van der Waals surface area contributed by atoms with E-state index in [1.165, 1.54) is 18.5 Å². The van der Waals surface area contributed by atoms with E-state index in [0.29, 0.717) is 11.6 Å². The molecular weight excluding hydrogens is 228 g/mol. The zero-order chi connectivity index (χ0) is 12.7. The number of carbonyl (C=O) groups is 1. The van der Waals surface area contributed by atoms with Crippen LogP contribution in [0.3, 0.4) is 0 Å². The van der Waals surface area contributed by atoms with Crippen molar-refractivity contribution in [2.24, 2.45) is 7.05 Å². The Balaban J connectivity index is 1.95. The molecule has 0 aliphatic heterocycles. The number of carboxylic acids is 1. The lowest BCUT2D eigenvalue weighted by atomic mass is 10.1. The maximum absolute atomic E-state index is 11.0. The maximum Gasteiger partial charge on any atom is 0.335 e. The second-order valence-corrected chi connectivity index (χ2v) is 4.93. The molecule has 0 amide bonds. The number of nitrogens with zero attached hydrogens (tertiary/aromatic N) is 1. The summed E-state index contributed by atoms with van der Waals surface area (Å²) >= 11 is 0. The largest absolute Gasteiger partial charge is 0.478 e. The van der Waals surface area contributed by atoms with E-state index in [9.17, 15) is 4.79 Å². The number of carboxylic acid groups (broad SMARTS) is 1. The Hall–Kier alpha value is -1.81. The van der Waals surface area contributed by atoms with Gasteiger partial charge in [-0.2, -0.15) is 0 Å². The van der Waals surface area contributed by atoms with Crippen molar-refractivity contribution in [3.8, 4) is 0 Å². The van der Waals surface area contributed by atoms with E-state index in [-0.39, 0.29) is 0 Å². The number of rotatable bonds is 4. The number of fused-ring (bicyclic) bond motifs is 1. The van der Waals surface area contributed by atoms with Crippen molar-refractivity contribution in [3.05, 3.63) is 35.5 Å². The summed E-state index contributed by atoms with van der Waals surface area (Å²) in [6.45, 7) is 0.845. The van der Waals surface area contributed by atoms with Gasteiger partial charge in [-0.15, -0.1) is 0 Å². The third-order valence-electron chi connectivity index (χ3n) is 3.54. The van der Waals surface area contributed by atoms with Crippen LogP contribution >= 0.6 is 0 Å². The van der Waals surface area contributed by atoms with Crippen LogP contribution in [0.15, 0.2) is 24.3 Å². The van der Waals surface area contributed by atoms with Crippen molar-refractivity contribution in [2.75, 3.05) is 0 Å². The lowest BCUT2D eigenvalue weighted by molar-refractivity contribution is 0.0697. The zero-order valence-corrected chi connectivity index (χ0v) is 10.3. The molecule has 1 aromatic heterocycles. The molecule has 1 aliphatic carbocycles. The topological polar surface area (TPSA) is 54.3 Å². The molecule has 4 nitrogen and oxygen atoms in total. The first kappa shape index (κ1) is 11.3. The first-order chi connectivity index (χ1) is 8.65. The summed E-state index contributed by atoms with van der Waals surface area (Å²) in [6, 6.07) is 8.06. The summed E-state index contributed by atoms with van der Waals surface area (Å²) in [5.74, 6) is -0.879. The van der Waals surface area contributed by atoms with Gasteiger partial charge in [-0.1, -0.05) is 6.07 Å². The van der Waals surface area contributed by atoms with Crippen LogP contribution in [0.5, 0.6) is 0 Å². The molecule has 0 spiro atoms. The molecule has 0 radical (unpaired) electrons. The van der Waals surface area contributed by atoms with Gasteiger partial charge in [0.2, 0.25) is 0 Å². The second-order valence-electron chi connectivity index (χ2n) is 4.93. The first-order valence-electron chi connectivity index (χ1n) is 6.20. The van der Waals surface area contributed by atoms with E-state index < -0.39 is 5.97 Å². The molecule has 3 rings (SSSR count). The Kier molecular flexibility index (Phi) is 2.59. The summed E-state index contributed by atoms with van der Waals surface area (Å²) in [7, 11) is 1.98. The molecule has 1 saturated carbocycles. The number of nitrogens with one attached hydrogen (secondary N) is 1. The molecule has 4 heteroatoms. The molecule has 0 unspecified atom stereocenters. The van der Waals surface area contributed by atoms with Crippen molar-refractivity contribution in [1.82, 2.24) is 9.88 Å². The van der Waals surface area contributed by atoms with Crippen LogP contribution in [-0.2, 0) is 13.6 Å². The van der Waals surface area contributed by atoms with Crippen molar-refractivity contribution in [3.63, 3.8) is 0 Å². The highest BCUT2D eigenvalue weighted by Gasteiger charge is 2.20. The van der Waals surface area contributed by atoms with Crippen LogP contribution in [0.1, 0.15) is 28.9 Å². The van der Waals surface area contributed by atoms with E-state index in [2.05, 4.69) is 16.0 Å². The fourth-order valence-corrected chi connectivity index (χ4v) is 2.23. The van der Waals surface area contributed by atoms with Crippen LogP contribution in [0.2, 0.25) is 0 Å². The molecule has 2 N–H and O–H groups in total. The molecule has 0 saturated heterocycles. The van der Waals surface area contributed by atoms with Gasteiger partial charge in [-0.25, -0.2) is 4.79 Å². The third kappa shape index (κ3) is 1.99. The number of benzene rings is 1. The van der Waals surface area contributed by atoms with E-state index in [0.717, 1.165) is 17.4 Å². The first-order valence-corrected chi connectivity index (χ1v) is 6.20. The van der Waals surface area contributed by atoms with Gasteiger partial charge in [-0.3, -0.25) is 0 Å². The van der Waals surface area contributed by atoms with Gasteiger partial charge in [0.25, 0.3) is 0 Å². The number of hydrogen-bond donors (Lipinski definition) is 2. The Morgan fingerprint density at radius 2 is 2.22 bits per heavy atom. The minimum Gasteiger partial charge on any atom is -0.478 e. The second kappa shape index (κ2) is 4.14. The Morgan fingerprint density at radius 3 is 2.89 bits per heavy atom. The number of aryl methyl sites for hydroxylation is 1. The molecule has 18 heavy (non-hydrogen) atoms. The molecule has 0 atom stereocenters. The van der Waals surface area contributed by atoms with Crippen LogP contribution in [0, 0.1) is 0 Å². The fourth-order valence-electron chi connectivity index (χ4n) is 2.23. The monoisotopic (exact) mass is 244 g/mol. The molecule has 94 valence electrons. The lowest BCUT2D eigenvalue weighted by Gasteiger charge is -2.05. The van der Waals surface area contributed by atoms with Gasteiger partial charge in [0, 0.05) is 30.8 Å². The molecule has 1 fully saturated rings. The standard InChI is InChI=1S/C14H16N2O2/c1-16-12(8-15-11-4-5-11)6-9-2-3-10(14(17)18)7-13(9)16/h2-3,6-7,11,15H,4-5,8H2,1H3,(H,17,18). The van der Waals surface area contributed by atoms with E-state index in [1.54, 1.807) is 12.1 Å². The average Bonchev–Trinajstić information content (AvgIpc) is 3.12. The lowest BCUT2D eigenvalue weighted by Crippen LogP contribution is -2.17. The van der Waals surface area contributed by atoms with Gasteiger partial charge in [-0.05, 0) is 36.4 Å². The Morgan fingerprint density at radius 1 is 1.44 bits per heavy atom. The minimum absolute atomic E-state index is 0.338. The molecule has 1 heterocycles. The van der Waals surface area contributed by atoms with Gasteiger partial charge in [0.15, 0.2) is 0 Å². The van der Waals surface area contributed by atoms with Crippen molar-refractivity contribution in [2.45, 2.75) is 25.4 Å². The quantitative estimate of drug-likeness (QED) is 0.866. The summed E-state index contributed by atoms with van der Waals surface area (Å²) in [4.78, 5) is 11.0. The van der Waals surface area contributed by atoms with Crippen LogP contribution in [0.25, 0.3) is 10.9 Å². The predicted molar refractivity (Wildman–Crippen MR) is 69.7 cm³/mol. The van der Waals surface area contributed by atoms with E-state index in [1.807, 2.05) is 13.1 Å². The van der Waals surface area contributed by atoms with Gasteiger partial charge in [0.1, 0.15) is 0 Å². The SMILES string of the molecule is Cn1c(CNC2CC2)cc2ccc(C(=O)O)cc21. The van der Waals surface area contributed by atoms with Crippen LogP contribution < -0.4 is 5.32 Å². The van der Waals surface area contributed by atoms with Crippen LogP contribution in [-0.4, -0.2) is 21.7 Å². The average molecular weight is 244 g/mol. The smallest absolute Gasteiger partial charge is 0.335 e. The van der Waals surface area contributed by atoms with Crippen molar-refractivity contribution in [1.29, 1.82) is 0 Å². The third-order valence-corrected chi connectivity index (χ3v) is 3.54. The van der Waals surface area contributed by atoms with Gasteiger partial charge >= 0.3 is 5.97 Å². The zero-order valence-electron chi connectivity index (χ0n) is 10.3. The highest BCUT2D eigenvalue weighted by Crippen LogP contribution is 2.23.